The van der Waals surface area contributed by atoms with Crippen LogP contribution in [-0.4, -0.2) is 50.7 Å². The van der Waals surface area contributed by atoms with Crippen molar-refractivity contribution in [2.45, 2.75) is 52.8 Å². The van der Waals surface area contributed by atoms with E-state index < -0.39 is 5.60 Å². The summed E-state index contributed by atoms with van der Waals surface area (Å²) < 4.78 is 5.48. The molecular formula is C21H28N4O3. The van der Waals surface area contributed by atoms with Crippen LogP contribution in [0, 0.1) is 0 Å². The molecule has 0 unspecified atom stereocenters. The molecule has 1 aromatic carbocycles. The first-order chi connectivity index (χ1) is 13.3. The highest BCUT2D eigenvalue weighted by atomic mass is 16.6. The van der Waals surface area contributed by atoms with Gasteiger partial charge in [-0.15, -0.1) is 0 Å². The lowest BCUT2D eigenvalue weighted by atomic mass is 10.0. The molecule has 0 spiro atoms. The summed E-state index contributed by atoms with van der Waals surface area (Å²) in [5, 5.41) is 7.26. The van der Waals surface area contributed by atoms with Crippen molar-refractivity contribution < 1.29 is 14.3 Å². The van der Waals surface area contributed by atoms with Crippen LogP contribution in [0.2, 0.25) is 0 Å². The van der Waals surface area contributed by atoms with Crippen LogP contribution >= 0.6 is 0 Å². The number of nitrogens with zero attached hydrogens (tertiary/aromatic N) is 3. The van der Waals surface area contributed by atoms with Crippen LogP contribution in [0.3, 0.4) is 0 Å². The van der Waals surface area contributed by atoms with E-state index in [0.29, 0.717) is 38.3 Å². The fraction of sp³-hybridized carbons (Fsp3) is 0.476. The largest absolute Gasteiger partial charge is 0.444 e. The smallest absolute Gasteiger partial charge is 0.410 e. The number of amides is 2. The number of hydrogen-bond acceptors (Lipinski definition) is 4. The number of H-pyrrole nitrogens is 1. The van der Waals surface area contributed by atoms with Gasteiger partial charge in [-0.3, -0.25) is 9.89 Å². The second kappa shape index (κ2) is 8.04. The summed E-state index contributed by atoms with van der Waals surface area (Å²) in [5.74, 6) is -0.130. The average Bonchev–Trinajstić information content (AvgIpc) is 3.08. The second-order valence-corrected chi connectivity index (χ2v) is 7.99. The highest BCUT2D eigenvalue weighted by Gasteiger charge is 2.31. The van der Waals surface area contributed by atoms with Gasteiger partial charge >= 0.3 is 6.09 Å². The van der Waals surface area contributed by atoms with Crippen LogP contribution in [-0.2, 0) is 24.2 Å². The van der Waals surface area contributed by atoms with Crippen LogP contribution in [0.25, 0.3) is 0 Å². The molecule has 2 amide bonds. The first-order valence-corrected chi connectivity index (χ1v) is 9.65. The Morgan fingerprint density at radius 3 is 2.61 bits per heavy atom. The molecule has 3 rings (SSSR count). The van der Waals surface area contributed by atoms with Crippen molar-refractivity contribution in [1.82, 2.24) is 20.0 Å². The van der Waals surface area contributed by atoms with Crippen molar-refractivity contribution in [3.05, 3.63) is 52.8 Å². The standard InChI is InChI=1S/C21H28N4O3/c1-5-24(13-15-9-7-6-8-10-15)19(26)18-16-14-25(12-11-17(16)22-23-18)20(27)28-21(2,3)4/h6-10H,5,11-14H2,1-4H3,(H,22,23). The maximum absolute atomic E-state index is 13.1. The minimum absolute atomic E-state index is 0.130. The molecule has 2 heterocycles. The van der Waals surface area contributed by atoms with Crippen LogP contribution in [0.5, 0.6) is 0 Å². The molecule has 1 aliphatic rings. The Labute approximate surface area is 165 Å². The molecule has 0 saturated heterocycles. The zero-order valence-electron chi connectivity index (χ0n) is 17.0. The van der Waals surface area contributed by atoms with Gasteiger partial charge in [0.25, 0.3) is 5.91 Å². The number of carbonyl (C=O) groups is 2. The first kappa shape index (κ1) is 19.9. The molecule has 150 valence electrons. The third kappa shape index (κ3) is 4.52. The molecule has 7 heteroatoms. The number of ether oxygens (including phenoxy) is 1. The molecule has 1 aromatic heterocycles. The number of nitrogens with one attached hydrogen (secondary N) is 1. The van der Waals surface area contributed by atoms with Crippen LogP contribution in [0.15, 0.2) is 30.3 Å². The summed E-state index contributed by atoms with van der Waals surface area (Å²) in [6, 6.07) is 9.88. The second-order valence-electron chi connectivity index (χ2n) is 7.99. The van der Waals surface area contributed by atoms with Gasteiger partial charge in [0.15, 0.2) is 5.69 Å². The average molecular weight is 384 g/mol. The van der Waals surface area contributed by atoms with E-state index in [9.17, 15) is 9.59 Å². The summed E-state index contributed by atoms with van der Waals surface area (Å²) in [7, 11) is 0. The molecule has 0 saturated carbocycles. The third-order valence-corrected chi connectivity index (χ3v) is 4.67. The SMILES string of the molecule is CCN(Cc1ccccc1)C(=O)c1n[nH]c2c1CN(C(=O)OC(C)(C)C)CC2. The van der Waals surface area contributed by atoms with Gasteiger partial charge < -0.3 is 14.5 Å². The molecule has 0 fully saturated rings. The van der Waals surface area contributed by atoms with Crippen molar-refractivity contribution in [1.29, 1.82) is 0 Å². The van der Waals surface area contributed by atoms with Crippen molar-refractivity contribution >= 4 is 12.0 Å². The fourth-order valence-electron chi connectivity index (χ4n) is 3.24. The van der Waals surface area contributed by atoms with Crippen molar-refractivity contribution in [3.8, 4) is 0 Å². The molecule has 28 heavy (non-hydrogen) atoms. The molecule has 0 radical (unpaired) electrons. The summed E-state index contributed by atoms with van der Waals surface area (Å²) >= 11 is 0. The fourth-order valence-corrected chi connectivity index (χ4v) is 3.24. The van der Waals surface area contributed by atoms with E-state index in [1.165, 1.54) is 0 Å². The zero-order valence-corrected chi connectivity index (χ0v) is 17.0. The van der Waals surface area contributed by atoms with Gasteiger partial charge in [0.1, 0.15) is 5.60 Å². The van der Waals surface area contributed by atoms with Crippen LogP contribution in [0.1, 0.15) is 55.0 Å². The van der Waals surface area contributed by atoms with Crippen LogP contribution < -0.4 is 0 Å². The predicted octanol–water partition coefficient (Wildman–Crippen LogP) is 3.37. The van der Waals surface area contributed by atoms with E-state index in [-0.39, 0.29) is 12.0 Å². The zero-order chi connectivity index (χ0) is 20.3. The Hall–Kier alpha value is -2.83. The molecule has 2 aromatic rings. The molecular weight excluding hydrogens is 356 g/mol. The van der Waals surface area contributed by atoms with E-state index in [1.807, 2.05) is 58.0 Å². The number of rotatable bonds is 4. The van der Waals surface area contributed by atoms with E-state index >= 15 is 0 Å². The number of hydrogen-bond donors (Lipinski definition) is 1. The summed E-state index contributed by atoms with van der Waals surface area (Å²) in [6.07, 6.45) is 0.258. The van der Waals surface area contributed by atoms with Gasteiger partial charge in [0.2, 0.25) is 0 Å². The Bertz CT molecular complexity index is 839. The molecule has 1 aliphatic heterocycles. The minimum Gasteiger partial charge on any atom is -0.444 e. The number of fused-ring (bicyclic) bond motifs is 1. The van der Waals surface area contributed by atoms with Crippen molar-refractivity contribution in [3.63, 3.8) is 0 Å². The van der Waals surface area contributed by atoms with E-state index in [2.05, 4.69) is 10.2 Å². The van der Waals surface area contributed by atoms with E-state index in [0.717, 1.165) is 16.8 Å². The topological polar surface area (TPSA) is 78.5 Å². The molecule has 0 bridgehead atoms. The molecule has 0 atom stereocenters. The van der Waals surface area contributed by atoms with Gasteiger partial charge in [-0.2, -0.15) is 5.10 Å². The van der Waals surface area contributed by atoms with Gasteiger partial charge in [0.05, 0.1) is 6.54 Å². The van der Waals surface area contributed by atoms with Crippen LogP contribution in [0.4, 0.5) is 4.79 Å². The highest BCUT2D eigenvalue weighted by molar-refractivity contribution is 5.94. The van der Waals surface area contributed by atoms with Crippen molar-refractivity contribution in [2.75, 3.05) is 13.1 Å². The maximum Gasteiger partial charge on any atom is 0.410 e. The van der Waals surface area contributed by atoms with Gasteiger partial charge in [-0.1, -0.05) is 30.3 Å². The number of carbonyl (C=O) groups excluding carboxylic acids is 2. The first-order valence-electron chi connectivity index (χ1n) is 9.65. The monoisotopic (exact) mass is 384 g/mol. The van der Waals surface area contributed by atoms with Gasteiger partial charge in [0, 0.05) is 37.3 Å². The summed E-state index contributed by atoms with van der Waals surface area (Å²) in [4.78, 5) is 29.0. The van der Waals surface area contributed by atoms with Gasteiger partial charge in [-0.25, -0.2) is 4.79 Å². The lowest BCUT2D eigenvalue weighted by Gasteiger charge is -2.30. The minimum atomic E-state index is -0.554. The Balaban J connectivity index is 1.77. The number of aromatic nitrogens is 2. The highest BCUT2D eigenvalue weighted by Crippen LogP contribution is 2.23. The van der Waals surface area contributed by atoms with Crippen molar-refractivity contribution in [2.24, 2.45) is 0 Å². The molecule has 7 nitrogen and oxygen atoms in total. The Kier molecular flexibility index (Phi) is 5.72. The lowest BCUT2D eigenvalue weighted by Crippen LogP contribution is -2.40. The lowest BCUT2D eigenvalue weighted by molar-refractivity contribution is 0.0222. The Morgan fingerprint density at radius 2 is 1.96 bits per heavy atom. The van der Waals surface area contributed by atoms with E-state index in [4.69, 9.17) is 4.74 Å². The maximum atomic E-state index is 13.1. The molecule has 1 N–H and O–H groups in total. The summed E-state index contributed by atoms with van der Waals surface area (Å²) in [5.41, 5.74) is 2.60. The third-order valence-electron chi connectivity index (χ3n) is 4.67. The Morgan fingerprint density at radius 1 is 1.25 bits per heavy atom. The number of aromatic amines is 1. The number of benzene rings is 1. The summed E-state index contributed by atoms with van der Waals surface area (Å²) in [6.45, 7) is 9.44. The normalized spacial score (nSPS) is 13.8. The predicted molar refractivity (Wildman–Crippen MR) is 106 cm³/mol. The molecule has 0 aliphatic carbocycles. The quantitative estimate of drug-likeness (QED) is 0.877. The van der Waals surface area contributed by atoms with E-state index in [1.54, 1.807) is 9.80 Å². The van der Waals surface area contributed by atoms with Gasteiger partial charge in [-0.05, 0) is 33.3 Å².